The Balaban J connectivity index is 1.83. The number of nitrogens with zero attached hydrogens (tertiary/aromatic N) is 1. The van der Waals surface area contributed by atoms with E-state index in [1.807, 2.05) is 30.3 Å². The lowest BCUT2D eigenvalue weighted by molar-refractivity contribution is -0.121. The summed E-state index contributed by atoms with van der Waals surface area (Å²) in [5, 5.41) is 22.6. The molecule has 0 atom stereocenters. The standard InChI is InChI=1S/C16H16N2O3/c19-14-8-4-7-13(16(14)21)11-17-18-15(20)10-9-12-5-2-1-3-6-12/h1-8,11,19,21H,9-10H2,(H,18,20)/b17-11-. The lowest BCUT2D eigenvalue weighted by Crippen LogP contribution is -2.17. The van der Waals surface area contributed by atoms with Crippen LogP contribution in [-0.2, 0) is 11.2 Å². The summed E-state index contributed by atoms with van der Waals surface area (Å²) in [5.74, 6) is -0.705. The molecule has 3 N–H and O–H groups in total. The first-order valence-electron chi connectivity index (χ1n) is 6.53. The molecule has 0 aliphatic heterocycles. The van der Waals surface area contributed by atoms with E-state index in [-0.39, 0.29) is 17.4 Å². The Kier molecular flexibility index (Phi) is 4.93. The molecule has 0 aliphatic carbocycles. The van der Waals surface area contributed by atoms with Gasteiger partial charge in [0.1, 0.15) is 0 Å². The normalized spacial score (nSPS) is 10.7. The maximum Gasteiger partial charge on any atom is 0.240 e. The van der Waals surface area contributed by atoms with Crippen molar-refractivity contribution in [2.75, 3.05) is 0 Å². The number of amides is 1. The zero-order chi connectivity index (χ0) is 15.1. The summed E-state index contributed by atoms with van der Waals surface area (Å²) in [6.45, 7) is 0. The van der Waals surface area contributed by atoms with Crippen molar-refractivity contribution in [1.29, 1.82) is 0 Å². The fourth-order valence-electron chi connectivity index (χ4n) is 1.79. The lowest BCUT2D eigenvalue weighted by Gasteiger charge is -2.02. The first-order valence-corrected chi connectivity index (χ1v) is 6.53. The molecule has 2 aromatic carbocycles. The molecule has 5 nitrogen and oxygen atoms in total. The summed E-state index contributed by atoms with van der Waals surface area (Å²) in [7, 11) is 0. The van der Waals surface area contributed by atoms with Crippen LogP contribution in [0.4, 0.5) is 0 Å². The van der Waals surface area contributed by atoms with E-state index in [0.29, 0.717) is 18.4 Å². The summed E-state index contributed by atoms with van der Waals surface area (Å²) in [4.78, 5) is 11.6. The molecule has 0 bridgehead atoms. The van der Waals surface area contributed by atoms with Crippen LogP contribution < -0.4 is 5.43 Å². The number of phenols is 2. The zero-order valence-electron chi connectivity index (χ0n) is 11.4. The predicted molar refractivity (Wildman–Crippen MR) is 80.3 cm³/mol. The predicted octanol–water partition coefficient (Wildman–Crippen LogP) is 2.18. The van der Waals surface area contributed by atoms with Gasteiger partial charge in [0.15, 0.2) is 11.5 Å². The molecule has 0 radical (unpaired) electrons. The van der Waals surface area contributed by atoms with Gasteiger partial charge < -0.3 is 10.2 Å². The molecular formula is C16H16N2O3. The topological polar surface area (TPSA) is 81.9 Å². The molecular weight excluding hydrogens is 268 g/mol. The van der Waals surface area contributed by atoms with E-state index in [1.165, 1.54) is 12.3 Å². The molecule has 108 valence electrons. The molecule has 0 saturated heterocycles. The third kappa shape index (κ3) is 4.35. The van der Waals surface area contributed by atoms with E-state index in [0.717, 1.165) is 5.56 Å². The molecule has 5 heteroatoms. The van der Waals surface area contributed by atoms with Crippen molar-refractivity contribution >= 4 is 12.1 Å². The van der Waals surface area contributed by atoms with Crippen molar-refractivity contribution in [2.24, 2.45) is 5.10 Å². The number of aryl methyl sites for hydroxylation is 1. The minimum absolute atomic E-state index is 0.213. The summed E-state index contributed by atoms with van der Waals surface area (Å²) in [6.07, 6.45) is 2.25. The Bertz CT molecular complexity index is 639. The quantitative estimate of drug-likeness (QED) is 0.447. The largest absolute Gasteiger partial charge is 0.504 e. The van der Waals surface area contributed by atoms with Gasteiger partial charge in [-0.15, -0.1) is 0 Å². The highest BCUT2D eigenvalue weighted by Crippen LogP contribution is 2.26. The summed E-state index contributed by atoms with van der Waals surface area (Å²) in [6, 6.07) is 14.2. The van der Waals surface area contributed by atoms with Gasteiger partial charge in [-0.05, 0) is 24.1 Å². The average molecular weight is 284 g/mol. The number of nitrogens with one attached hydrogen (secondary N) is 1. The molecule has 0 heterocycles. The molecule has 0 saturated carbocycles. The van der Waals surface area contributed by atoms with Gasteiger partial charge >= 0.3 is 0 Å². The molecule has 0 fully saturated rings. The first-order chi connectivity index (χ1) is 10.2. The van der Waals surface area contributed by atoms with E-state index < -0.39 is 0 Å². The Morgan fingerprint density at radius 3 is 2.62 bits per heavy atom. The molecule has 2 rings (SSSR count). The number of carbonyl (C=O) groups excluding carboxylic acids is 1. The molecule has 0 aliphatic rings. The maximum atomic E-state index is 11.6. The smallest absolute Gasteiger partial charge is 0.240 e. The monoisotopic (exact) mass is 284 g/mol. The van der Waals surface area contributed by atoms with Gasteiger partial charge in [0.25, 0.3) is 0 Å². The highest BCUT2D eigenvalue weighted by atomic mass is 16.3. The Morgan fingerprint density at radius 2 is 1.86 bits per heavy atom. The second-order valence-electron chi connectivity index (χ2n) is 4.49. The van der Waals surface area contributed by atoms with E-state index in [2.05, 4.69) is 10.5 Å². The summed E-state index contributed by atoms with van der Waals surface area (Å²) < 4.78 is 0. The fraction of sp³-hybridized carbons (Fsp3) is 0.125. The Hall–Kier alpha value is -2.82. The molecule has 2 aromatic rings. The number of carbonyl (C=O) groups is 1. The fourth-order valence-corrected chi connectivity index (χ4v) is 1.79. The van der Waals surface area contributed by atoms with E-state index in [1.54, 1.807) is 12.1 Å². The Labute approximate surface area is 122 Å². The van der Waals surface area contributed by atoms with Gasteiger partial charge in [0.05, 0.1) is 6.21 Å². The van der Waals surface area contributed by atoms with Crippen LogP contribution in [0.15, 0.2) is 53.6 Å². The second kappa shape index (κ2) is 7.09. The van der Waals surface area contributed by atoms with Gasteiger partial charge in [-0.2, -0.15) is 5.10 Å². The van der Waals surface area contributed by atoms with Crippen LogP contribution in [0.1, 0.15) is 17.5 Å². The number of benzene rings is 2. The number of hydrazone groups is 1. The minimum atomic E-state index is -0.264. The van der Waals surface area contributed by atoms with Gasteiger partial charge in [-0.25, -0.2) is 5.43 Å². The average Bonchev–Trinajstić information content (AvgIpc) is 2.50. The number of rotatable bonds is 5. The molecule has 0 aromatic heterocycles. The third-order valence-corrected chi connectivity index (χ3v) is 2.92. The molecule has 0 spiro atoms. The zero-order valence-corrected chi connectivity index (χ0v) is 11.4. The number of hydrogen-bond donors (Lipinski definition) is 3. The van der Waals surface area contributed by atoms with Crippen LogP contribution in [0.25, 0.3) is 0 Å². The third-order valence-electron chi connectivity index (χ3n) is 2.92. The van der Waals surface area contributed by atoms with E-state index >= 15 is 0 Å². The van der Waals surface area contributed by atoms with Gasteiger partial charge in [0.2, 0.25) is 5.91 Å². The highest BCUT2D eigenvalue weighted by molar-refractivity contribution is 5.86. The second-order valence-corrected chi connectivity index (χ2v) is 4.49. The summed E-state index contributed by atoms with van der Waals surface area (Å²) in [5.41, 5.74) is 3.80. The SMILES string of the molecule is O=C(CCc1ccccc1)N/N=C\c1cccc(O)c1O. The van der Waals surface area contributed by atoms with Gasteiger partial charge in [-0.1, -0.05) is 36.4 Å². The number of para-hydroxylation sites is 1. The lowest BCUT2D eigenvalue weighted by atomic mass is 10.1. The summed E-state index contributed by atoms with van der Waals surface area (Å²) >= 11 is 0. The maximum absolute atomic E-state index is 11.6. The van der Waals surface area contributed by atoms with Crippen molar-refractivity contribution in [2.45, 2.75) is 12.8 Å². The van der Waals surface area contributed by atoms with Crippen LogP contribution in [0, 0.1) is 0 Å². The van der Waals surface area contributed by atoms with Crippen molar-refractivity contribution < 1.29 is 15.0 Å². The van der Waals surface area contributed by atoms with Gasteiger partial charge in [0, 0.05) is 12.0 Å². The number of phenolic OH excluding ortho intramolecular Hbond substituents is 2. The van der Waals surface area contributed by atoms with Crippen LogP contribution in [0.5, 0.6) is 11.5 Å². The van der Waals surface area contributed by atoms with Gasteiger partial charge in [-0.3, -0.25) is 4.79 Å². The Morgan fingerprint density at radius 1 is 1.10 bits per heavy atom. The van der Waals surface area contributed by atoms with Crippen molar-refractivity contribution in [3.8, 4) is 11.5 Å². The van der Waals surface area contributed by atoms with Crippen LogP contribution in [0.2, 0.25) is 0 Å². The van der Waals surface area contributed by atoms with Crippen molar-refractivity contribution in [1.82, 2.24) is 5.43 Å². The number of aromatic hydroxyl groups is 2. The molecule has 1 amide bonds. The molecule has 0 unspecified atom stereocenters. The first kappa shape index (κ1) is 14.6. The van der Waals surface area contributed by atoms with Crippen molar-refractivity contribution in [3.05, 3.63) is 59.7 Å². The highest BCUT2D eigenvalue weighted by Gasteiger charge is 2.03. The van der Waals surface area contributed by atoms with Crippen LogP contribution in [0.3, 0.4) is 0 Å². The number of hydrogen-bond acceptors (Lipinski definition) is 4. The van der Waals surface area contributed by atoms with Crippen LogP contribution in [-0.4, -0.2) is 22.3 Å². The minimum Gasteiger partial charge on any atom is -0.504 e. The van der Waals surface area contributed by atoms with Crippen LogP contribution >= 0.6 is 0 Å². The van der Waals surface area contributed by atoms with Crippen molar-refractivity contribution in [3.63, 3.8) is 0 Å². The van der Waals surface area contributed by atoms with E-state index in [4.69, 9.17) is 0 Å². The molecule has 21 heavy (non-hydrogen) atoms. The van der Waals surface area contributed by atoms with E-state index in [9.17, 15) is 15.0 Å².